The lowest BCUT2D eigenvalue weighted by molar-refractivity contribution is -0.133. The monoisotopic (exact) mass is 427 g/mol. The topological polar surface area (TPSA) is 80.3 Å². The first-order valence-corrected chi connectivity index (χ1v) is 10.2. The Labute approximate surface area is 182 Å². The summed E-state index contributed by atoms with van der Waals surface area (Å²) >= 11 is 0. The first kappa shape index (κ1) is 22.3. The molecule has 2 aromatic carbocycles. The molecule has 1 unspecified atom stereocenters. The zero-order valence-corrected chi connectivity index (χ0v) is 18.2. The van der Waals surface area contributed by atoms with Gasteiger partial charge in [0.05, 0.1) is 20.6 Å². The van der Waals surface area contributed by atoms with Gasteiger partial charge in [-0.2, -0.15) is 0 Å². The number of piperazine rings is 1. The molecular formula is C23H29N3O5. The molecule has 1 heterocycles. The van der Waals surface area contributed by atoms with Gasteiger partial charge in [0.25, 0.3) is 0 Å². The van der Waals surface area contributed by atoms with Gasteiger partial charge in [-0.15, -0.1) is 0 Å². The molecule has 0 saturated carbocycles. The molecule has 8 nitrogen and oxygen atoms in total. The van der Waals surface area contributed by atoms with E-state index in [1.54, 1.807) is 25.3 Å². The standard InChI is InChI=1S/C23H29N3O5/c1-24-23(28)31-20(17-9-10-19(29-2)21(15-17)30-3)16-22(27)26-13-11-25(12-14-26)18-7-5-4-6-8-18/h4-10,15,20H,11-14,16H2,1-3H3,(H,24,28). The van der Waals surface area contributed by atoms with Crippen LogP contribution in [0.1, 0.15) is 18.1 Å². The molecule has 0 aliphatic carbocycles. The molecule has 1 aliphatic rings. The number of carbonyl (C=O) groups excluding carboxylic acids is 2. The summed E-state index contributed by atoms with van der Waals surface area (Å²) in [5, 5.41) is 2.44. The van der Waals surface area contributed by atoms with Gasteiger partial charge in [-0.3, -0.25) is 4.79 Å². The average molecular weight is 428 g/mol. The normalized spacial score (nSPS) is 14.5. The third kappa shape index (κ3) is 5.59. The third-order valence-corrected chi connectivity index (χ3v) is 5.35. The van der Waals surface area contributed by atoms with Crippen molar-refractivity contribution < 1.29 is 23.8 Å². The Balaban J connectivity index is 1.68. The highest BCUT2D eigenvalue weighted by atomic mass is 16.6. The molecule has 2 aromatic rings. The van der Waals surface area contributed by atoms with E-state index >= 15 is 0 Å². The number of nitrogens with zero attached hydrogens (tertiary/aromatic N) is 2. The number of methoxy groups -OCH3 is 2. The predicted molar refractivity (Wildman–Crippen MR) is 118 cm³/mol. The Morgan fingerprint density at radius 3 is 2.26 bits per heavy atom. The van der Waals surface area contributed by atoms with E-state index in [4.69, 9.17) is 14.2 Å². The van der Waals surface area contributed by atoms with Crippen molar-refractivity contribution in [3.8, 4) is 11.5 Å². The number of benzene rings is 2. The van der Waals surface area contributed by atoms with Crippen LogP contribution < -0.4 is 19.7 Å². The minimum atomic E-state index is -0.737. The van der Waals surface area contributed by atoms with Crippen LogP contribution >= 0.6 is 0 Å². The van der Waals surface area contributed by atoms with E-state index in [-0.39, 0.29) is 12.3 Å². The molecule has 0 radical (unpaired) electrons. The molecular weight excluding hydrogens is 398 g/mol. The van der Waals surface area contributed by atoms with Crippen molar-refractivity contribution in [3.63, 3.8) is 0 Å². The highest BCUT2D eigenvalue weighted by molar-refractivity contribution is 5.78. The third-order valence-electron chi connectivity index (χ3n) is 5.35. The van der Waals surface area contributed by atoms with Crippen molar-refractivity contribution in [2.24, 2.45) is 0 Å². The fraction of sp³-hybridized carbons (Fsp3) is 0.391. The quantitative estimate of drug-likeness (QED) is 0.732. The summed E-state index contributed by atoms with van der Waals surface area (Å²) in [4.78, 5) is 29.0. The minimum Gasteiger partial charge on any atom is -0.493 e. The molecule has 166 valence electrons. The van der Waals surface area contributed by atoms with Gasteiger partial charge >= 0.3 is 6.09 Å². The molecule has 31 heavy (non-hydrogen) atoms. The molecule has 0 aromatic heterocycles. The molecule has 1 N–H and O–H groups in total. The smallest absolute Gasteiger partial charge is 0.407 e. The van der Waals surface area contributed by atoms with Gasteiger partial charge in [0.1, 0.15) is 6.10 Å². The van der Waals surface area contributed by atoms with Crippen molar-refractivity contribution in [2.45, 2.75) is 12.5 Å². The van der Waals surface area contributed by atoms with Gasteiger partial charge in [-0.05, 0) is 29.8 Å². The van der Waals surface area contributed by atoms with E-state index in [0.717, 1.165) is 18.8 Å². The van der Waals surface area contributed by atoms with Crippen molar-refractivity contribution in [2.75, 3.05) is 52.3 Å². The Morgan fingerprint density at radius 2 is 1.65 bits per heavy atom. The lowest BCUT2D eigenvalue weighted by Crippen LogP contribution is -2.49. The van der Waals surface area contributed by atoms with E-state index in [1.807, 2.05) is 23.1 Å². The number of carbonyl (C=O) groups is 2. The maximum atomic E-state index is 13.0. The van der Waals surface area contributed by atoms with Crippen molar-refractivity contribution in [1.29, 1.82) is 0 Å². The van der Waals surface area contributed by atoms with Crippen LogP contribution in [0.3, 0.4) is 0 Å². The molecule has 1 atom stereocenters. The van der Waals surface area contributed by atoms with Crippen LogP contribution in [0.25, 0.3) is 0 Å². The Kier molecular flexibility index (Phi) is 7.59. The van der Waals surface area contributed by atoms with Crippen LogP contribution in [0.15, 0.2) is 48.5 Å². The zero-order valence-electron chi connectivity index (χ0n) is 18.2. The SMILES string of the molecule is CNC(=O)OC(CC(=O)N1CCN(c2ccccc2)CC1)c1ccc(OC)c(OC)c1. The van der Waals surface area contributed by atoms with E-state index in [2.05, 4.69) is 22.3 Å². The lowest BCUT2D eigenvalue weighted by Gasteiger charge is -2.36. The number of amides is 2. The van der Waals surface area contributed by atoms with Crippen LogP contribution in [0, 0.1) is 0 Å². The summed E-state index contributed by atoms with van der Waals surface area (Å²) < 4.78 is 16.1. The fourth-order valence-corrected chi connectivity index (χ4v) is 3.61. The maximum Gasteiger partial charge on any atom is 0.407 e. The molecule has 0 spiro atoms. The largest absolute Gasteiger partial charge is 0.493 e. The number of para-hydroxylation sites is 1. The summed E-state index contributed by atoms with van der Waals surface area (Å²) in [5.74, 6) is 1.01. The molecule has 0 bridgehead atoms. The maximum absolute atomic E-state index is 13.0. The number of ether oxygens (including phenoxy) is 3. The molecule has 3 rings (SSSR count). The molecule has 1 fully saturated rings. The van der Waals surface area contributed by atoms with Crippen molar-refractivity contribution >= 4 is 17.7 Å². The van der Waals surface area contributed by atoms with Crippen LogP contribution in [-0.4, -0.2) is 64.3 Å². The predicted octanol–water partition coefficient (Wildman–Crippen LogP) is 2.84. The van der Waals surface area contributed by atoms with E-state index in [0.29, 0.717) is 30.2 Å². The van der Waals surface area contributed by atoms with Gasteiger partial charge < -0.3 is 29.3 Å². The molecule has 1 aliphatic heterocycles. The summed E-state index contributed by atoms with van der Waals surface area (Å²) in [7, 11) is 4.57. The van der Waals surface area contributed by atoms with Gasteiger partial charge in [-0.1, -0.05) is 24.3 Å². The number of rotatable bonds is 7. The lowest BCUT2D eigenvalue weighted by atomic mass is 10.0. The highest BCUT2D eigenvalue weighted by Crippen LogP contribution is 2.33. The first-order chi connectivity index (χ1) is 15.0. The number of anilines is 1. The van der Waals surface area contributed by atoms with E-state index < -0.39 is 12.2 Å². The van der Waals surface area contributed by atoms with Crippen LogP contribution in [-0.2, 0) is 9.53 Å². The number of alkyl carbamates (subject to hydrolysis) is 1. The fourth-order valence-electron chi connectivity index (χ4n) is 3.61. The van der Waals surface area contributed by atoms with Gasteiger partial charge in [0.15, 0.2) is 11.5 Å². The van der Waals surface area contributed by atoms with E-state index in [1.165, 1.54) is 14.2 Å². The van der Waals surface area contributed by atoms with Crippen molar-refractivity contribution in [3.05, 3.63) is 54.1 Å². The number of hydrogen-bond donors (Lipinski definition) is 1. The van der Waals surface area contributed by atoms with Gasteiger partial charge in [0, 0.05) is 38.9 Å². The summed E-state index contributed by atoms with van der Waals surface area (Å²) in [6, 6.07) is 15.4. The second-order valence-corrected chi connectivity index (χ2v) is 7.17. The summed E-state index contributed by atoms with van der Waals surface area (Å²) in [6.07, 6.45) is -1.28. The molecule has 2 amide bonds. The summed E-state index contributed by atoms with van der Waals surface area (Å²) in [6.45, 7) is 2.75. The van der Waals surface area contributed by atoms with Crippen LogP contribution in [0.2, 0.25) is 0 Å². The van der Waals surface area contributed by atoms with Gasteiger partial charge in [-0.25, -0.2) is 4.79 Å². The number of hydrogen-bond acceptors (Lipinski definition) is 6. The van der Waals surface area contributed by atoms with Crippen LogP contribution in [0.4, 0.5) is 10.5 Å². The summed E-state index contributed by atoms with van der Waals surface area (Å²) in [5.41, 5.74) is 1.82. The Morgan fingerprint density at radius 1 is 0.968 bits per heavy atom. The minimum absolute atomic E-state index is 0.0498. The second-order valence-electron chi connectivity index (χ2n) is 7.17. The molecule has 1 saturated heterocycles. The van der Waals surface area contributed by atoms with Crippen molar-refractivity contribution in [1.82, 2.24) is 10.2 Å². The zero-order chi connectivity index (χ0) is 22.2. The first-order valence-electron chi connectivity index (χ1n) is 10.2. The Bertz CT molecular complexity index is 882. The van der Waals surface area contributed by atoms with E-state index in [9.17, 15) is 9.59 Å². The highest BCUT2D eigenvalue weighted by Gasteiger charge is 2.27. The Hall–Kier alpha value is -3.42. The molecule has 8 heteroatoms. The average Bonchev–Trinajstić information content (AvgIpc) is 2.83. The van der Waals surface area contributed by atoms with Gasteiger partial charge in [0.2, 0.25) is 5.91 Å². The van der Waals surface area contributed by atoms with Crippen LogP contribution in [0.5, 0.6) is 11.5 Å². The second kappa shape index (κ2) is 10.6. The number of nitrogens with one attached hydrogen (secondary N) is 1.